The molecule has 1 atom stereocenters. The van der Waals surface area contributed by atoms with Gasteiger partial charge in [-0.25, -0.2) is 9.89 Å². The lowest BCUT2D eigenvalue weighted by atomic mass is 10.3. The molecule has 2 aromatic rings. The number of H-pyrrole nitrogens is 2. The number of likely N-dealkylation sites (tertiary alicyclic amines) is 1. The number of hydrogen-bond donors (Lipinski definition) is 2. The van der Waals surface area contributed by atoms with Crippen LogP contribution in [0.5, 0.6) is 5.75 Å². The van der Waals surface area contributed by atoms with Gasteiger partial charge >= 0.3 is 5.69 Å². The number of pyridine rings is 1. The van der Waals surface area contributed by atoms with Crippen molar-refractivity contribution in [3.8, 4) is 5.75 Å². The van der Waals surface area contributed by atoms with Gasteiger partial charge in [-0.15, -0.1) is 0 Å². The number of hydrogen-bond acceptors (Lipinski definition) is 6. The Labute approximate surface area is 134 Å². The van der Waals surface area contributed by atoms with Crippen LogP contribution in [0.4, 0.5) is 0 Å². The van der Waals surface area contributed by atoms with Crippen LogP contribution in [0.2, 0.25) is 0 Å². The zero-order valence-electron chi connectivity index (χ0n) is 13.5. The Morgan fingerprint density at radius 3 is 3.09 bits per heavy atom. The van der Waals surface area contributed by atoms with Crippen molar-refractivity contribution in [1.29, 1.82) is 0 Å². The largest absolute Gasteiger partial charge is 0.489 e. The van der Waals surface area contributed by atoms with Crippen molar-refractivity contribution < 1.29 is 4.74 Å². The Kier molecular flexibility index (Phi) is 4.73. The summed E-state index contributed by atoms with van der Waals surface area (Å²) in [6.45, 7) is 3.16. The summed E-state index contributed by atoms with van der Waals surface area (Å²) in [7, 11) is 4.03. The summed E-state index contributed by atoms with van der Waals surface area (Å²) in [5.74, 6) is 1.52. The van der Waals surface area contributed by atoms with Crippen LogP contribution in [0.1, 0.15) is 17.9 Å². The molecule has 2 aromatic heterocycles. The van der Waals surface area contributed by atoms with Gasteiger partial charge < -0.3 is 9.64 Å². The van der Waals surface area contributed by atoms with E-state index in [-0.39, 0.29) is 11.8 Å². The summed E-state index contributed by atoms with van der Waals surface area (Å²) in [6, 6.07) is 3.89. The molecule has 2 N–H and O–H groups in total. The Morgan fingerprint density at radius 1 is 1.48 bits per heavy atom. The van der Waals surface area contributed by atoms with E-state index in [1.807, 2.05) is 26.2 Å². The van der Waals surface area contributed by atoms with Crippen LogP contribution in [0.15, 0.2) is 23.1 Å². The maximum Gasteiger partial charge on any atom is 0.340 e. The van der Waals surface area contributed by atoms with E-state index < -0.39 is 0 Å². The highest BCUT2D eigenvalue weighted by atomic mass is 16.5. The van der Waals surface area contributed by atoms with Crippen LogP contribution in [0, 0.1) is 0 Å². The second kappa shape index (κ2) is 6.93. The number of rotatable bonds is 6. The summed E-state index contributed by atoms with van der Waals surface area (Å²) in [6.07, 6.45) is 2.89. The molecule has 1 aliphatic heterocycles. The van der Waals surface area contributed by atoms with Crippen molar-refractivity contribution in [3.05, 3.63) is 40.3 Å². The molecule has 0 aliphatic carbocycles. The molecule has 8 heteroatoms. The molecule has 0 amide bonds. The van der Waals surface area contributed by atoms with Crippen molar-refractivity contribution in [1.82, 2.24) is 30.0 Å². The van der Waals surface area contributed by atoms with E-state index in [2.05, 4.69) is 30.0 Å². The highest BCUT2D eigenvalue weighted by molar-refractivity contribution is 5.23. The second-order valence-corrected chi connectivity index (χ2v) is 6.11. The maximum absolute atomic E-state index is 11.1. The van der Waals surface area contributed by atoms with E-state index >= 15 is 0 Å². The van der Waals surface area contributed by atoms with Crippen LogP contribution in [0.3, 0.4) is 0 Å². The smallest absolute Gasteiger partial charge is 0.340 e. The molecule has 8 nitrogen and oxygen atoms in total. The Hall–Kier alpha value is -2.19. The van der Waals surface area contributed by atoms with Gasteiger partial charge in [0.2, 0.25) is 0 Å². The van der Waals surface area contributed by atoms with E-state index in [0.717, 1.165) is 37.5 Å². The van der Waals surface area contributed by atoms with Gasteiger partial charge in [0.05, 0.1) is 12.2 Å². The maximum atomic E-state index is 11.1. The van der Waals surface area contributed by atoms with Crippen LogP contribution < -0.4 is 10.4 Å². The quantitative estimate of drug-likeness (QED) is 0.791. The molecule has 0 spiro atoms. The molecule has 1 saturated heterocycles. The highest BCUT2D eigenvalue weighted by Gasteiger charge is 2.24. The van der Waals surface area contributed by atoms with E-state index in [0.29, 0.717) is 12.4 Å². The van der Waals surface area contributed by atoms with Gasteiger partial charge in [0.1, 0.15) is 17.7 Å². The first-order valence-corrected chi connectivity index (χ1v) is 7.71. The summed E-state index contributed by atoms with van der Waals surface area (Å²) in [5, 5.41) is 6.32. The van der Waals surface area contributed by atoms with Gasteiger partial charge in [0, 0.05) is 31.9 Å². The first kappa shape index (κ1) is 15.7. The molecule has 124 valence electrons. The molecule has 1 fully saturated rings. The lowest BCUT2D eigenvalue weighted by Gasteiger charge is -2.16. The first-order chi connectivity index (χ1) is 11.1. The number of ether oxygens (including phenoxy) is 1. The van der Waals surface area contributed by atoms with E-state index in [1.54, 1.807) is 6.20 Å². The van der Waals surface area contributed by atoms with E-state index in [9.17, 15) is 4.79 Å². The van der Waals surface area contributed by atoms with Gasteiger partial charge in [-0.1, -0.05) is 0 Å². The summed E-state index contributed by atoms with van der Waals surface area (Å²) < 4.78 is 6.07. The lowest BCUT2D eigenvalue weighted by Crippen LogP contribution is -2.25. The molecule has 1 unspecified atom stereocenters. The summed E-state index contributed by atoms with van der Waals surface area (Å²) >= 11 is 0. The minimum Gasteiger partial charge on any atom is -0.489 e. The molecule has 0 bridgehead atoms. The number of aromatic amines is 2. The third-order valence-electron chi connectivity index (χ3n) is 3.72. The standard InChI is InChI=1S/C15H22N6O2/c1-20(2)8-11-7-12(3-5-16-11)23-13-4-6-21(9-13)10-14-17-15(22)19-18-14/h3,5,7,13H,4,6,8-10H2,1-2H3,(H2,17,18,19,22). The Bertz CT molecular complexity index is 695. The zero-order valence-corrected chi connectivity index (χ0v) is 13.5. The molecule has 1 aliphatic rings. The van der Waals surface area contributed by atoms with Gasteiger partial charge in [0.15, 0.2) is 0 Å². The minimum atomic E-state index is -0.266. The normalized spacial score (nSPS) is 18.7. The topological polar surface area (TPSA) is 90.1 Å². The third kappa shape index (κ3) is 4.40. The van der Waals surface area contributed by atoms with Gasteiger partial charge in [-0.05, 0) is 26.6 Å². The monoisotopic (exact) mass is 318 g/mol. The van der Waals surface area contributed by atoms with Crippen molar-refractivity contribution in [3.63, 3.8) is 0 Å². The van der Waals surface area contributed by atoms with E-state index in [4.69, 9.17) is 4.74 Å². The van der Waals surface area contributed by atoms with Crippen molar-refractivity contribution in [2.45, 2.75) is 25.6 Å². The SMILES string of the molecule is CN(C)Cc1cc(OC2CCN(Cc3n[nH]c(=O)[nH]3)C2)ccn1. The van der Waals surface area contributed by atoms with Crippen molar-refractivity contribution in [2.75, 3.05) is 27.2 Å². The lowest BCUT2D eigenvalue weighted by molar-refractivity contribution is 0.196. The van der Waals surface area contributed by atoms with Gasteiger partial charge in [-0.3, -0.25) is 14.9 Å². The fraction of sp³-hybridized carbons (Fsp3) is 0.533. The fourth-order valence-corrected chi connectivity index (χ4v) is 2.76. The molecule has 0 aromatic carbocycles. The Balaban J connectivity index is 1.54. The van der Waals surface area contributed by atoms with Crippen LogP contribution in [-0.4, -0.2) is 63.3 Å². The summed E-state index contributed by atoms with van der Waals surface area (Å²) in [5.41, 5.74) is 0.730. The average Bonchev–Trinajstić information content (AvgIpc) is 3.08. The number of nitrogens with zero attached hydrogens (tertiary/aromatic N) is 4. The predicted molar refractivity (Wildman–Crippen MR) is 85.1 cm³/mol. The molecule has 3 heterocycles. The zero-order chi connectivity index (χ0) is 16.2. The number of aromatic nitrogens is 4. The first-order valence-electron chi connectivity index (χ1n) is 7.71. The average molecular weight is 318 g/mol. The highest BCUT2D eigenvalue weighted by Crippen LogP contribution is 2.19. The minimum absolute atomic E-state index is 0.148. The molecule has 3 rings (SSSR count). The molecular formula is C15H22N6O2. The van der Waals surface area contributed by atoms with Crippen LogP contribution in [0.25, 0.3) is 0 Å². The summed E-state index contributed by atoms with van der Waals surface area (Å²) in [4.78, 5) is 22.4. The van der Waals surface area contributed by atoms with Gasteiger partial charge in [0.25, 0.3) is 0 Å². The van der Waals surface area contributed by atoms with Crippen molar-refractivity contribution in [2.24, 2.45) is 0 Å². The van der Waals surface area contributed by atoms with E-state index in [1.165, 1.54) is 0 Å². The molecule has 23 heavy (non-hydrogen) atoms. The van der Waals surface area contributed by atoms with Crippen LogP contribution >= 0.6 is 0 Å². The third-order valence-corrected chi connectivity index (χ3v) is 3.72. The van der Waals surface area contributed by atoms with Crippen LogP contribution in [-0.2, 0) is 13.1 Å². The number of nitrogens with one attached hydrogen (secondary N) is 2. The molecular weight excluding hydrogens is 296 g/mol. The fourth-order valence-electron chi connectivity index (χ4n) is 2.76. The Morgan fingerprint density at radius 2 is 2.35 bits per heavy atom. The molecule has 0 radical (unpaired) electrons. The molecule has 0 saturated carbocycles. The second-order valence-electron chi connectivity index (χ2n) is 6.11. The van der Waals surface area contributed by atoms with Gasteiger partial charge in [-0.2, -0.15) is 5.10 Å². The predicted octanol–water partition coefficient (Wildman–Crippen LogP) is 0.208. The van der Waals surface area contributed by atoms with Crippen molar-refractivity contribution >= 4 is 0 Å².